The van der Waals surface area contributed by atoms with E-state index >= 15 is 0 Å². The van der Waals surface area contributed by atoms with Gasteiger partial charge in [0.15, 0.2) is 0 Å². The van der Waals surface area contributed by atoms with E-state index in [0.29, 0.717) is 17.2 Å². The highest BCUT2D eigenvalue weighted by Gasteiger charge is 2.32. The second-order valence-electron chi connectivity index (χ2n) is 5.93. The highest BCUT2D eigenvalue weighted by atomic mass is 16.3. The third-order valence-electron chi connectivity index (χ3n) is 4.09. The highest BCUT2D eigenvalue weighted by Crippen LogP contribution is 2.34. The van der Waals surface area contributed by atoms with Gasteiger partial charge in [0.1, 0.15) is 11.5 Å². The Labute approximate surface area is 125 Å². The van der Waals surface area contributed by atoms with Crippen molar-refractivity contribution in [1.29, 1.82) is 0 Å². The molecule has 3 nitrogen and oxygen atoms in total. The molecule has 1 aromatic heterocycles. The van der Waals surface area contributed by atoms with Crippen LogP contribution < -0.4 is 5.32 Å². The van der Waals surface area contributed by atoms with Gasteiger partial charge in [-0.05, 0) is 50.7 Å². The van der Waals surface area contributed by atoms with Crippen LogP contribution in [-0.4, -0.2) is 11.9 Å². The van der Waals surface area contributed by atoms with E-state index in [2.05, 4.69) is 17.4 Å². The molecule has 1 aliphatic carbocycles. The number of carbonyl (C=O) groups excluding carboxylic acids is 1. The Morgan fingerprint density at radius 2 is 2.00 bits per heavy atom. The zero-order valence-electron chi connectivity index (χ0n) is 12.6. The summed E-state index contributed by atoms with van der Waals surface area (Å²) in [7, 11) is 0. The second-order valence-corrected chi connectivity index (χ2v) is 5.93. The lowest BCUT2D eigenvalue weighted by Gasteiger charge is -2.18. The highest BCUT2D eigenvalue weighted by molar-refractivity contribution is 5.95. The van der Waals surface area contributed by atoms with Gasteiger partial charge in [-0.15, -0.1) is 0 Å². The summed E-state index contributed by atoms with van der Waals surface area (Å²) < 4.78 is 5.45. The lowest BCUT2D eigenvalue weighted by Crippen LogP contribution is -2.38. The van der Waals surface area contributed by atoms with E-state index in [-0.39, 0.29) is 11.9 Å². The van der Waals surface area contributed by atoms with E-state index in [4.69, 9.17) is 4.42 Å². The topological polar surface area (TPSA) is 42.2 Å². The molecule has 110 valence electrons. The molecule has 0 spiro atoms. The van der Waals surface area contributed by atoms with Gasteiger partial charge in [0.05, 0.1) is 5.56 Å². The number of amides is 1. The van der Waals surface area contributed by atoms with Crippen molar-refractivity contribution < 1.29 is 9.21 Å². The molecule has 1 saturated carbocycles. The van der Waals surface area contributed by atoms with Crippen LogP contribution in [0.25, 0.3) is 0 Å². The van der Waals surface area contributed by atoms with Crippen molar-refractivity contribution in [3.8, 4) is 0 Å². The van der Waals surface area contributed by atoms with Crippen molar-refractivity contribution in [1.82, 2.24) is 5.32 Å². The van der Waals surface area contributed by atoms with Crippen molar-refractivity contribution >= 4 is 5.91 Å². The molecule has 3 heteroatoms. The Hall–Kier alpha value is -2.03. The minimum Gasteiger partial charge on any atom is -0.466 e. The van der Waals surface area contributed by atoms with Crippen LogP contribution in [0.2, 0.25) is 0 Å². The van der Waals surface area contributed by atoms with Gasteiger partial charge in [0, 0.05) is 6.04 Å². The largest absolute Gasteiger partial charge is 0.466 e. The summed E-state index contributed by atoms with van der Waals surface area (Å²) in [5, 5.41) is 3.20. The Bertz CT molecular complexity index is 626. The van der Waals surface area contributed by atoms with Crippen LogP contribution in [0.3, 0.4) is 0 Å². The first kappa shape index (κ1) is 13.9. The van der Waals surface area contributed by atoms with Gasteiger partial charge in [0.2, 0.25) is 0 Å². The predicted octanol–water partition coefficient (Wildman–Crippen LogP) is 3.65. The fourth-order valence-corrected chi connectivity index (χ4v) is 2.80. The van der Waals surface area contributed by atoms with E-state index in [1.165, 1.54) is 18.4 Å². The smallest absolute Gasteiger partial charge is 0.255 e. The zero-order chi connectivity index (χ0) is 14.8. The summed E-state index contributed by atoms with van der Waals surface area (Å²) in [6, 6.07) is 12.4. The monoisotopic (exact) mass is 283 g/mol. The van der Waals surface area contributed by atoms with Crippen molar-refractivity contribution in [3.05, 3.63) is 59.0 Å². The number of benzene rings is 1. The quantitative estimate of drug-likeness (QED) is 0.910. The molecule has 1 fully saturated rings. The molecule has 0 bridgehead atoms. The first-order valence-electron chi connectivity index (χ1n) is 7.55. The molecule has 1 heterocycles. The molecule has 2 aromatic rings. The summed E-state index contributed by atoms with van der Waals surface area (Å²) in [5.74, 6) is 2.07. The maximum absolute atomic E-state index is 12.4. The molecule has 1 N–H and O–H groups in total. The average molecular weight is 283 g/mol. The molecule has 0 aliphatic heterocycles. The van der Waals surface area contributed by atoms with Gasteiger partial charge < -0.3 is 9.73 Å². The number of hydrogen-bond acceptors (Lipinski definition) is 2. The molecular formula is C18H21NO2. The Morgan fingerprint density at radius 3 is 2.57 bits per heavy atom. The summed E-state index contributed by atoms with van der Waals surface area (Å²) in [5.41, 5.74) is 1.93. The van der Waals surface area contributed by atoms with E-state index in [0.717, 1.165) is 12.2 Å². The van der Waals surface area contributed by atoms with Crippen LogP contribution in [0.4, 0.5) is 0 Å². The minimum absolute atomic E-state index is 0.0165. The molecular weight excluding hydrogens is 262 g/mol. The number of hydrogen-bond donors (Lipinski definition) is 1. The molecule has 0 radical (unpaired) electrons. The molecule has 1 amide bonds. The Kier molecular flexibility index (Phi) is 3.82. The van der Waals surface area contributed by atoms with Gasteiger partial charge in [-0.2, -0.15) is 0 Å². The lowest BCUT2D eigenvalue weighted by atomic mass is 10.0. The van der Waals surface area contributed by atoms with Crippen molar-refractivity contribution in [3.63, 3.8) is 0 Å². The first-order valence-corrected chi connectivity index (χ1v) is 7.55. The van der Waals surface area contributed by atoms with E-state index in [9.17, 15) is 4.79 Å². The third kappa shape index (κ3) is 3.35. The molecule has 1 aliphatic rings. The number of carbonyl (C=O) groups is 1. The van der Waals surface area contributed by atoms with Crippen LogP contribution in [0.5, 0.6) is 0 Å². The number of furan rings is 1. The molecule has 1 atom stereocenters. The van der Waals surface area contributed by atoms with Gasteiger partial charge in [-0.1, -0.05) is 30.3 Å². The van der Waals surface area contributed by atoms with E-state index < -0.39 is 0 Å². The fraction of sp³-hybridized carbons (Fsp3) is 0.389. The van der Waals surface area contributed by atoms with Crippen molar-refractivity contribution in [2.75, 3.05) is 0 Å². The molecule has 21 heavy (non-hydrogen) atoms. The maximum Gasteiger partial charge on any atom is 0.255 e. The first-order chi connectivity index (χ1) is 10.1. The lowest BCUT2D eigenvalue weighted by molar-refractivity contribution is 0.0930. The second kappa shape index (κ2) is 5.76. The number of rotatable bonds is 5. The van der Waals surface area contributed by atoms with Gasteiger partial charge in [0.25, 0.3) is 5.91 Å². The molecule has 1 unspecified atom stereocenters. The molecule has 1 aromatic carbocycles. The fourth-order valence-electron chi connectivity index (χ4n) is 2.80. The van der Waals surface area contributed by atoms with Gasteiger partial charge >= 0.3 is 0 Å². The van der Waals surface area contributed by atoms with Crippen LogP contribution in [-0.2, 0) is 6.42 Å². The van der Waals surface area contributed by atoms with Crippen molar-refractivity contribution in [2.24, 2.45) is 5.92 Å². The number of nitrogens with one attached hydrogen (secondary N) is 1. The number of aryl methyl sites for hydroxylation is 2. The van der Waals surface area contributed by atoms with Crippen LogP contribution in [0.1, 0.15) is 40.3 Å². The third-order valence-corrected chi connectivity index (χ3v) is 4.09. The summed E-state index contributed by atoms with van der Waals surface area (Å²) in [4.78, 5) is 12.4. The van der Waals surface area contributed by atoms with E-state index in [1.807, 2.05) is 38.1 Å². The Balaban J connectivity index is 1.71. The normalized spacial score (nSPS) is 15.7. The Morgan fingerprint density at radius 1 is 1.29 bits per heavy atom. The van der Waals surface area contributed by atoms with Gasteiger partial charge in [-0.25, -0.2) is 0 Å². The zero-order valence-corrected chi connectivity index (χ0v) is 12.6. The van der Waals surface area contributed by atoms with Gasteiger partial charge in [-0.3, -0.25) is 4.79 Å². The van der Waals surface area contributed by atoms with Crippen LogP contribution in [0.15, 0.2) is 40.8 Å². The van der Waals surface area contributed by atoms with E-state index in [1.54, 1.807) is 0 Å². The molecule has 0 saturated heterocycles. The minimum atomic E-state index is -0.0165. The van der Waals surface area contributed by atoms with Crippen molar-refractivity contribution in [2.45, 2.75) is 39.2 Å². The predicted molar refractivity (Wildman–Crippen MR) is 82.3 cm³/mol. The average Bonchev–Trinajstić information content (AvgIpc) is 3.24. The standard InChI is InChI=1S/C18H21NO2/c1-12-10-16(13(2)21-12)18(20)19-17(15-8-9-15)11-14-6-4-3-5-7-14/h3-7,10,15,17H,8-9,11H2,1-2H3,(H,19,20). The summed E-state index contributed by atoms with van der Waals surface area (Å²) in [6.45, 7) is 3.71. The van der Waals surface area contributed by atoms with Crippen LogP contribution >= 0.6 is 0 Å². The maximum atomic E-state index is 12.4. The molecule has 3 rings (SSSR count). The summed E-state index contributed by atoms with van der Waals surface area (Å²) in [6.07, 6.45) is 3.31. The SMILES string of the molecule is Cc1cc(C(=O)NC(Cc2ccccc2)C2CC2)c(C)o1. The summed E-state index contributed by atoms with van der Waals surface area (Å²) >= 11 is 0. The van der Waals surface area contributed by atoms with Crippen LogP contribution in [0, 0.1) is 19.8 Å².